The van der Waals surface area contributed by atoms with Crippen molar-refractivity contribution < 1.29 is 4.79 Å². The third kappa shape index (κ3) is 1.31. The highest BCUT2D eigenvalue weighted by molar-refractivity contribution is 6.08. The average Bonchev–Trinajstić information content (AvgIpc) is 2.40. The number of carbonyl (C=O) groups excluding carboxylic acids is 1. The van der Waals surface area contributed by atoms with Crippen molar-refractivity contribution in [1.82, 2.24) is 10.2 Å². The number of urea groups is 1. The van der Waals surface area contributed by atoms with Crippen LogP contribution in [0.15, 0.2) is 12.7 Å². The van der Waals surface area contributed by atoms with Gasteiger partial charge in [-0.05, 0) is 12.8 Å². The number of nitrogens with one attached hydrogen (secondary N) is 2. The Morgan fingerprint density at radius 1 is 1.57 bits per heavy atom. The van der Waals surface area contributed by atoms with Crippen molar-refractivity contribution in [1.29, 1.82) is 5.41 Å². The topological polar surface area (TPSA) is 56.2 Å². The quantitative estimate of drug-likeness (QED) is 0.659. The van der Waals surface area contributed by atoms with Gasteiger partial charge in [-0.25, -0.2) is 4.79 Å². The molecule has 4 heteroatoms. The molecule has 1 heterocycles. The Hall–Kier alpha value is -1.32. The smallest absolute Gasteiger partial charge is 0.308 e. The highest BCUT2D eigenvalue weighted by atomic mass is 16.2. The second-order valence-electron chi connectivity index (χ2n) is 3.44. The summed E-state index contributed by atoms with van der Waals surface area (Å²) in [6.07, 6.45) is 3.21. The molecule has 0 radical (unpaired) electrons. The molecular formula is C10H17N3O. The molecule has 0 aromatic carbocycles. The van der Waals surface area contributed by atoms with E-state index in [1.54, 1.807) is 11.0 Å². The van der Waals surface area contributed by atoms with Crippen LogP contribution in [0.1, 0.15) is 26.7 Å². The van der Waals surface area contributed by atoms with Crippen molar-refractivity contribution in [2.75, 3.05) is 6.54 Å². The molecule has 1 fully saturated rings. The summed E-state index contributed by atoms with van der Waals surface area (Å²) < 4.78 is 0. The number of amidine groups is 1. The van der Waals surface area contributed by atoms with Crippen molar-refractivity contribution in [3.63, 3.8) is 0 Å². The predicted molar refractivity (Wildman–Crippen MR) is 56.5 cm³/mol. The fourth-order valence-corrected chi connectivity index (χ4v) is 1.99. The summed E-state index contributed by atoms with van der Waals surface area (Å²) >= 11 is 0. The van der Waals surface area contributed by atoms with Crippen LogP contribution < -0.4 is 5.32 Å². The molecule has 2 amide bonds. The van der Waals surface area contributed by atoms with Gasteiger partial charge in [0.1, 0.15) is 11.4 Å². The standard InChI is InChI=1S/C10H17N3O/c1-4-7-13-9(14)12-8(11)10(13,5-2)6-3/h4H,1,5-7H2,2-3H3,(H2,11,12,14). The zero-order chi connectivity index (χ0) is 10.8. The molecule has 0 bridgehead atoms. The number of amides is 2. The Balaban J connectivity index is 3.03. The van der Waals surface area contributed by atoms with E-state index < -0.39 is 5.54 Å². The summed E-state index contributed by atoms with van der Waals surface area (Å²) in [5.41, 5.74) is -0.439. The van der Waals surface area contributed by atoms with Crippen LogP contribution in [0, 0.1) is 5.41 Å². The van der Waals surface area contributed by atoms with E-state index in [1.807, 2.05) is 13.8 Å². The first-order chi connectivity index (χ1) is 6.62. The lowest BCUT2D eigenvalue weighted by molar-refractivity contribution is 0.176. The fraction of sp³-hybridized carbons (Fsp3) is 0.600. The molecule has 4 nitrogen and oxygen atoms in total. The van der Waals surface area contributed by atoms with Crippen molar-refractivity contribution in [2.24, 2.45) is 0 Å². The van der Waals surface area contributed by atoms with Crippen LogP contribution >= 0.6 is 0 Å². The first-order valence-corrected chi connectivity index (χ1v) is 4.91. The summed E-state index contributed by atoms with van der Waals surface area (Å²) in [7, 11) is 0. The predicted octanol–water partition coefficient (Wildman–Crippen LogP) is 1.73. The minimum atomic E-state index is -0.439. The largest absolute Gasteiger partial charge is 0.323 e. The maximum absolute atomic E-state index is 11.5. The number of hydrogen-bond donors (Lipinski definition) is 2. The normalized spacial score (nSPS) is 19.7. The van der Waals surface area contributed by atoms with Gasteiger partial charge in [0, 0.05) is 6.54 Å². The molecule has 0 atom stereocenters. The minimum absolute atomic E-state index is 0.182. The molecule has 0 aliphatic carbocycles. The number of hydrogen-bond acceptors (Lipinski definition) is 2. The van der Waals surface area contributed by atoms with Crippen molar-refractivity contribution >= 4 is 11.9 Å². The molecule has 0 aromatic rings. The van der Waals surface area contributed by atoms with Crippen molar-refractivity contribution in [2.45, 2.75) is 32.2 Å². The molecule has 0 spiro atoms. The van der Waals surface area contributed by atoms with Gasteiger partial charge >= 0.3 is 6.03 Å². The van der Waals surface area contributed by atoms with Crippen LogP contribution in [-0.4, -0.2) is 28.9 Å². The van der Waals surface area contributed by atoms with Gasteiger partial charge in [-0.15, -0.1) is 6.58 Å². The molecule has 0 unspecified atom stereocenters. The molecule has 1 rings (SSSR count). The Labute approximate surface area is 84.5 Å². The van der Waals surface area contributed by atoms with Crippen LogP contribution in [0.25, 0.3) is 0 Å². The van der Waals surface area contributed by atoms with Gasteiger partial charge in [0.25, 0.3) is 0 Å². The molecule has 0 aromatic heterocycles. The van der Waals surface area contributed by atoms with E-state index in [9.17, 15) is 4.79 Å². The van der Waals surface area contributed by atoms with Gasteiger partial charge in [-0.1, -0.05) is 19.9 Å². The molecule has 78 valence electrons. The lowest BCUT2D eigenvalue weighted by atomic mass is 9.91. The molecule has 1 saturated heterocycles. The highest BCUT2D eigenvalue weighted by Crippen LogP contribution is 2.28. The number of nitrogens with zero attached hydrogens (tertiary/aromatic N) is 1. The first kappa shape index (κ1) is 10.8. The summed E-state index contributed by atoms with van der Waals surface area (Å²) in [4.78, 5) is 13.2. The molecule has 0 saturated carbocycles. The maximum Gasteiger partial charge on any atom is 0.323 e. The Morgan fingerprint density at radius 2 is 2.14 bits per heavy atom. The van der Waals surface area contributed by atoms with Gasteiger partial charge in [0.15, 0.2) is 0 Å². The van der Waals surface area contributed by atoms with E-state index in [2.05, 4.69) is 11.9 Å². The summed E-state index contributed by atoms with van der Waals surface area (Å²) in [5, 5.41) is 10.4. The van der Waals surface area contributed by atoms with E-state index in [1.165, 1.54) is 0 Å². The zero-order valence-electron chi connectivity index (χ0n) is 8.76. The first-order valence-electron chi connectivity index (χ1n) is 4.91. The third-order valence-electron chi connectivity index (χ3n) is 2.94. The van der Waals surface area contributed by atoms with Gasteiger partial charge < -0.3 is 4.90 Å². The minimum Gasteiger partial charge on any atom is -0.308 e. The Kier molecular flexibility index (Phi) is 2.93. The van der Waals surface area contributed by atoms with E-state index in [0.29, 0.717) is 12.4 Å². The average molecular weight is 195 g/mol. The van der Waals surface area contributed by atoms with Crippen LogP contribution in [0.5, 0.6) is 0 Å². The van der Waals surface area contributed by atoms with Crippen molar-refractivity contribution in [3.8, 4) is 0 Å². The van der Waals surface area contributed by atoms with E-state index in [4.69, 9.17) is 5.41 Å². The Bertz CT molecular complexity index is 269. The molecule has 1 aliphatic heterocycles. The molecule has 14 heavy (non-hydrogen) atoms. The van der Waals surface area contributed by atoms with Crippen LogP contribution in [0.3, 0.4) is 0 Å². The van der Waals surface area contributed by atoms with Crippen LogP contribution in [-0.2, 0) is 0 Å². The van der Waals surface area contributed by atoms with Crippen LogP contribution in [0.2, 0.25) is 0 Å². The zero-order valence-corrected chi connectivity index (χ0v) is 8.76. The van der Waals surface area contributed by atoms with Crippen LogP contribution in [0.4, 0.5) is 4.79 Å². The maximum atomic E-state index is 11.5. The number of rotatable bonds is 4. The summed E-state index contributed by atoms with van der Waals surface area (Å²) in [6.45, 7) is 8.11. The second kappa shape index (κ2) is 3.82. The van der Waals surface area contributed by atoms with Gasteiger partial charge in [0.05, 0.1) is 0 Å². The lowest BCUT2D eigenvalue weighted by Gasteiger charge is -2.34. The van der Waals surface area contributed by atoms with Gasteiger partial charge in [0.2, 0.25) is 0 Å². The van der Waals surface area contributed by atoms with E-state index in [0.717, 1.165) is 12.8 Å². The number of carbonyl (C=O) groups is 1. The lowest BCUT2D eigenvalue weighted by Crippen LogP contribution is -2.48. The van der Waals surface area contributed by atoms with Gasteiger partial charge in [-0.3, -0.25) is 10.7 Å². The van der Waals surface area contributed by atoms with E-state index >= 15 is 0 Å². The SMILES string of the molecule is C=CCN1C(=O)NC(=N)C1(CC)CC. The molecule has 2 N–H and O–H groups in total. The third-order valence-corrected chi connectivity index (χ3v) is 2.94. The summed E-state index contributed by atoms with van der Waals surface area (Å²) in [5.74, 6) is 0.314. The Morgan fingerprint density at radius 3 is 2.57 bits per heavy atom. The molecule has 1 aliphatic rings. The van der Waals surface area contributed by atoms with E-state index in [-0.39, 0.29) is 6.03 Å². The monoisotopic (exact) mass is 195 g/mol. The van der Waals surface area contributed by atoms with Gasteiger partial charge in [-0.2, -0.15) is 0 Å². The fourth-order valence-electron chi connectivity index (χ4n) is 1.99. The second-order valence-corrected chi connectivity index (χ2v) is 3.44. The molecular weight excluding hydrogens is 178 g/mol. The van der Waals surface area contributed by atoms with Crippen molar-refractivity contribution in [3.05, 3.63) is 12.7 Å². The highest BCUT2D eigenvalue weighted by Gasteiger charge is 2.46. The summed E-state index contributed by atoms with van der Waals surface area (Å²) in [6, 6.07) is -0.182.